The van der Waals surface area contributed by atoms with Crippen molar-refractivity contribution in [2.24, 2.45) is 0 Å². The molecule has 4 heteroatoms. The van der Waals surface area contributed by atoms with Crippen molar-refractivity contribution in [2.75, 3.05) is 0 Å². The van der Waals surface area contributed by atoms with E-state index in [1.54, 1.807) is 0 Å². The standard InChI is InChI=1S/C12H14N2O2/c1-3-4-10-13-11(12(15)16)9-6-5-8(2)7-14(9)10/h5-7H,3-4H2,1-2H3,(H,15,16). The molecule has 0 radical (unpaired) electrons. The van der Waals surface area contributed by atoms with E-state index in [2.05, 4.69) is 11.9 Å². The number of rotatable bonds is 3. The molecule has 1 N–H and O–H groups in total. The lowest BCUT2D eigenvalue weighted by atomic mass is 10.2. The van der Waals surface area contributed by atoms with Crippen LogP contribution >= 0.6 is 0 Å². The number of aromatic carboxylic acids is 1. The number of aryl methyl sites for hydroxylation is 2. The smallest absolute Gasteiger partial charge is 0.356 e. The first-order valence-electron chi connectivity index (χ1n) is 5.34. The second-order valence-electron chi connectivity index (χ2n) is 3.89. The largest absolute Gasteiger partial charge is 0.476 e. The van der Waals surface area contributed by atoms with Gasteiger partial charge in [0.25, 0.3) is 0 Å². The molecule has 0 saturated carbocycles. The molecule has 0 aliphatic rings. The van der Waals surface area contributed by atoms with Gasteiger partial charge in [-0.05, 0) is 25.0 Å². The van der Waals surface area contributed by atoms with Crippen molar-refractivity contribution >= 4 is 11.5 Å². The Morgan fingerprint density at radius 3 is 2.88 bits per heavy atom. The van der Waals surface area contributed by atoms with Crippen LogP contribution in [0.15, 0.2) is 18.3 Å². The summed E-state index contributed by atoms with van der Waals surface area (Å²) in [5, 5.41) is 9.06. The molecular formula is C12H14N2O2. The molecule has 0 aliphatic carbocycles. The Hall–Kier alpha value is -1.84. The van der Waals surface area contributed by atoms with Crippen LogP contribution in [-0.2, 0) is 6.42 Å². The summed E-state index contributed by atoms with van der Waals surface area (Å²) in [5.74, 6) is -0.151. The summed E-state index contributed by atoms with van der Waals surface area (Å²) in [6.45, 7) is 4.03. The molecule has 0 atom stereocenters. The summed E-state index contributed by atoms with van der Waals surface area (Å²) < 4.78 is 1.88. The van der Waals surface area contributed by atoms with E-state index >= 15 is 0 Å². The van der Waals surface area contributed by atoms with Gasteiger partial charge in [-0.1, -0.05) is 13.0 Å². The minimum absolute atomic E-state index is 0.142. The van der Waals surface area contributed by atoms with Crippen molar-refractivity contribution in [3.8, 4) is 0 Å². The summed E-state index contributed by atoms with van der Waals surface area (Å²) in [5.41, 5.74) is 1.91. The van der Waals surface area contributed by atoms with Gasteiger partial charge in [-0.15, -0.1) is 0 Å². The molecule has 2 rings (SSSR count). The number of aromatic nitrogens is 2. The van der Waals surface area contributed by atoms with Crippen LogP contribution in [0.1, 0.15) is 35.2 Å². The van der Waals surface area contributed by atoms with Gasteiger partial charge in [0.05, 0.1) is 5.52 Å². The third kappa shape index (κ3) is 1.66. The van der Waals surface area contributed by atoms with E-state index in [9.17, 15) is 4.79 Å². The highest BCUT2D eigenvalue weighted by molar-refractivity contribution is 5.93. The molecule has 0 fully saturated rings. The van der Waals surface area contributed by atoms with Gasteiger partial charge in [-0.3, -0.25) is 0 Å². The highest BCUT2D eigenvalue weighted by Crippen LogP contribution is 2.15. The molecule has 0 aromatic carbocycles. The average Bonchev–Trinajstić information content (AvgIpc) is 2.58. The highest BCUT2D eigenvalue weighted by Gasteiger charge is 2.15. The molecule has 0 bridgehead atoms. The van der Waals surface area contributed by atoms with E-state index in [0.29, 0.717) is 5.52 Å². The van der Waals surface area contributed by atoms with Gasteiger partial charge in [-0.2, -0.15) is 0 Å². The second-order valence-corrected chi connectivity index (χ2v) is 3.89. The number of carboxylic acid groups (broad SMARTS) is 1. The molecule has 0 saturated heterocycles. The zero-order valence-electron chi connectivity index (χ0n) is 9.40. The van der Waals surface area contributed by atoms with Gasteiger partial charge in [-0.25, -0.2) is 9.78 Å². The molecule has 4 nitrogen and oxygen atoms in total. The predicted octanol–water partition coefficient (Wildman–Crippen LogP) is 2.29. The van der Waals surface area contributed by atoms with Crippen LogP contribution in [0.4, 0.5) is 0 Å². The summed E-state index contributed by atoms with van der Waals surface area (Å²) >= 11 is 0. The molecular weight excluding hydrogens is 204 g/mol. The second kappa shape index (κ2) is 3.96. The van der Waals surface area contributed by atoms with Crippen molar-refractivity contribution in [3.05, 3.63) is 35.4 Å². The van der Waals surface area contributed by atoms with E-state index in [4.69, 9.17) is 5.11 Å². The van der Waals surface area contributed by atoms with Crippen LogP contribution < -0.4 is 0 Å². The summed E-state index contributed by atoms with van der Waals surface area (Å²) in [7, 11) is 0. The van der Waals surface area contributed by atoms with Crippen LogP contribution in [0.5, 0.6) is 0 Å². The number of carbonyl (C=O) groups is 1. The number of hydrogen-bond donors (Lipinski definition) is 1. The Kier molecular flexibility index (Phi) is 2.64. The summed E-state index contributed by atoms with van der Waals surface area (Å²) in [6, 6.07) is 3.71. The highest BCUT2D eigenvalue weighted by atomic mass is 16.4. The van der Waals surface area contributed by atoms with Crippen molar-refractivity contribution in [3.63, 3.8) is 0 Å². The maximum Gasteiger partial charge on any atom is 0.356 e. The predicted molar refractivity (Wildman–Crippen MR) is 60.9 cm³/mol. The fourth-order valence-electron chi connectivity index (χ4n) is 1.81. The Bertz CT molecular complexity index is 543. The lowest BCUT2D eigenvalue weighted by Gasteiger charge is -2.00. The minimum Gasteiger partial charge on any atom is -0.476 e. The van der Waals surface area contributed by atoms with Crippen LogP contribution in [-0.4, -0.2) is 20.5 Å². The minimum atomic E-state index is -0.969. The number of carboxylic acids is 1. The third-order valence-electron chi connectivity index (χ3n) is 2.53. The van der Waals surface area contributed by atoms with E-state index in [1.807, 2.05) is 29.7 Å². The third-order valence-corrected chi connectivity index (χ3v) is 2.53. The molecule has 0 unspecified atom stereocenters. The number of nitrogens with zero attached hydrogens (tertiary/aromatic N) is 2. The van der Waals surface area contributed by atoms with Crippen LogP contribution in [0, 0.1) is 6.92 Å². The van der Waals surface area contributed by atoms with E-state index in [0.717, 1.165) is 24.2 Å². The zero-order valence-corrected chi connectivity index (χ0v) is 9.40. The van der Waals surface area contributed by atoms with Gasteiger partial charge >= 0.3 is 5.97 Å². The molecule has 0 amide bonds. The SMILES string of the molecule is CCCc1nc(C(=O)O)c2ccc(C)cn12. The molecule has 84 valence electrons. The molecule has 2 heterocycles. The van der Waals surface area contributed by atoms with Gasteiger partial charge < -0.3 is 9.51 Å². The van der Waals surface area contributed by atoms with Gasteiger partial charge in [0.2, 0.25) is 0 Å². The average molecular weight is 218 g/mol. The van der Waals surface area contributed by atoms with Crippen LogP contribution in [0.2, 0.25) is 0 Å². The lowest BCUT2D eigenvalue weighted by molar-refractivity contribution is 0.0693. The Morgan fingerprint density at radius 1 is 1.50 bits per heavy atom. The monoisotopic (exact) mass is 218 g/mol. The molecule has 0 aliphatic heterocycles. The molecule has 0 spiro atoms. The van der Waals surface area contributed by atoms with Gasteiger partial charge in [0.1, 0.15) is 5.82 Å². The lowest BCUT2D eigenvalue weighted by Crippen LogP contribution is -1.97. The molecule has 2 aromatic heterocycles. The molecule has 2 aromatic rings. The van der Waals surface area contributed by atoms with Crippen LogP contribution in [0.25, 0.3) is 5.52 Å². The fourth-order valence-corrected chi connectivity index (χ4v) is 1.81. The van der Waals surface area contributed by atoms with Crippen molar-refractivity contribution in [1.29, 1.82) is 0 Å². The van der Waals surface area contributed by atoms with E-state index < -0.39 is 5.97 Å². The molecule has 16 heavy (non-hydrogen) atoms. The number of hydrogen-bond acceptors (Lipinski definition) is 2. The first-order valence-corrected chi connectivity index (χ1v) is 5.34. The fraction of sp³-hybridized carbons (Fsp3) is 0.333. The Balaban J connectivity index is 2.71. The number of imidazole rings is 1. The van der Waals surface area contributed by atoms with Crippen molar-refractivity contribution < 1.29 is 9.90 Å². The first-order chi connectivity index (χ1) is 7.63. The first kappa shape index (κ1) is 10.7. The Labute approximate surface area is 93.5 Å². The van der Waals surface area contributed by atoms with Crippen molar-refractivity contribution in [1.82, 2.24) is 9.38 Å². The summed E-state index contributed by atoms with van der Waals surface area (Å²) in [4.78, 5) is 15.2. The van der Waals surface area contributed by atoms with Crippen LogP contribution in [0.3, 0.4) is 0 Å². The topological polar surface area (TPSA) is 54.6 Å². The number of fused-ring (bicyclic) bond motifs is 1. The zero-order chi connectivity index (χ0) is 11.7. The van der Waals surface area contributed by atoms with Gasteiger partial charge in [0, 0.05) is 12.6 Å². The normalized spacial score (nSPS) is 10.9. The maximum atomic E-state index is 11.0. The van der Waals surface area contributed by atoms with E-state index in [-0.39, 0.29) is 5.69 Å². The van der Waals surface area contributed by atoms with E-state index in [1.165, 1.54) is 0 Å². The van der Waals surface area contributed by atoms with Gasteiger partial charge in [0.15, 0.2) is 5.69 Å². The summed E-state index contributed by atoms with van der Waals surface area (Å²) in [6.07, 6.45) is 3.67. The Morgan fingerprint density at radius 2 is 2.25 bits per heavy atom. The van der Waals surface area contributed by atoms with Crippen molar-refractivity contribution in [2.45, 2.75) is 26.7 Å². The quantitative estimate of drug-likeness (QED) is 0.859. The number of pyridine rings is 1. The maximum absolute atomic E-state index is 11.0.